The molecule has 1 unspecified atom stereocenters. The summed E-state index contributed by atoms with van der Waals surface area (Å²) in [7, 11) is 0. The van der Waals surface area contributed by atoms with Gasteiger partial charge in [0, 0.05) is 18.7 Å². The molecule has 1 heterocycles. The first-order valence-corrected chi connectivity index (χ1v) is 11.6. The molecule has 6 heteroatoms. The summed E-state index contributed by atoms with van der Waals surface area (Å²) in [6.45, 7) is 4.78. The fraction of sp³-hybridized carbons (Fsp3) is 0.286. The number of nitrogens with one attached hydrogen (secondary N) is 1. The van der Waals surface area contributed by atoms with Crippen LogP contribution in [-0.4, -0.2) is 31.1 Å². The van der Waals surface area contributed by atoms with Gasteiger partial charge in [-0.25, -0.2) is 0 Å². The van der Waals surface area contributed by atoms with Gasteiger partial charge in [0.25, 0.3) is 5.91 Å². The Morgan fingerprint density at radius 2 is 1.82 bits per heavy atom. The topological polar surface area (TPSA) is 67.9 Å². The number of rotatable bonds is 9. The number of hydrogen-bond donors (Lipinski definition) is 1. The smallest absolute Gasteiger partial charge is 0.267 e. The number of para-hydroxylation sites is 1. The van der Waals surface area contributed by atoms with Gasteiger partial charge in [-0.05, 0) is 62.6 Å². The molecule has 34 heavy (non-hydrogen) atoms. The molecule has 176 valence electrons. The standard InChI is InChI=1S/C28H30N2O4/c1-20-9-11-22(12-10-20)13-16-27(31)29-23-14-15-26-25(19-23)30(28(32)21(2)34-26)17-6-18-33-24-7-4-3-5-8-24/h3-5,7-12,14-15,19,21H,6,13,16-18H2,1-2H3,(H,29,31). The van der Waals surface area contributed by atoms with E-state index < -0.39 is 6.10 Å². The summed E-state index contributed by atoms with van der Waals surface area (Å²) in [6, 6.07) is 23.2. The van der Waals surface area contributed by atoms with Gasteiger partial charge in [0.1, 0.15) is 11.5 Å². The third-order valence-corrected chi connectivity index (χ3v) is 5.75. The highest BCUT2D eigenvalue weighted by Gasteiger charge is 2.31. The van der Waals surface area contributed by atoms with Crippen LogP contribution in [0.15, 0.2) is 72.8 Å². The highest BCUT2D eigenvalue weighted by Crippen LogP contribution is 2.36. The van der Waals surface area contributed by atoms with Crippen molar-refractivity contribution in [2.24, 2.45) is 0 Å². The Labute approximate surface area is 200 Å². The highest BCUT2D eigenvalue weighted by atomic mass is 16.5. The summed E-state index contributed by atoms with van der Waals surface area (Å²) in [5.41, 5.74) is 3.64. The zero-order valence-corrected chi connectivity index (χ0v) is 19.6. The Balaban J connectivity index is 1.37. The maximum Gasteiger partial charge on any atom is 0.267 e. The van der Waals surface area contributed by atoms with Gasteiger partial charge in [-0.2, -0.15) is 0 Å². The molecule has 1 aliphatic heterocycles. The van der Waals surface area contributed by atoms with Gasteiger partial charge in [0.15, 0.2) is 6.10 Å². The average Bonchev–Trinajstić information content (AvgIpc) is 2.84. The summed E-state index contributed by atoms with van der Waals surface area (Å²) >= 11 is 0. The zero-order valence-electron chi connectivity index (χ0n) is 19.6. The molecule has 1 aliphatic rings. The molecule has 0 radical (unpaired) electrons. The molecule has 0 fully saturated rings. The lowest BCUT2D eigenvalue weighted by molar-refractivity contribution is -0.125. The minimum Gasteiger partial charge on any atom is -0.494 e. The molecule has 0 aromatic heterocycles. The van der Waals surface area contributed by atoms with Gasteiger partial charge in [-0.15, -0.1) is 0 Å². The lowest BCUT2D eigenvalue weighted by atomic mass is 10.1. The normalized spacial score (nSPS) is 14.8. The Morgan fingerprint density at radius 1 is 1.06 bits per heavy atom. The van der Waals surface area contributed by atoms with Crippen LogP contribution in [-0.2, 0) is 16.0 Å². The number of anilines is 2. The van der Waals surface area contributed by atoms with Crippen LogP contribution in [0.3, 0.4) is 0 Å². The third kappa shape index (κ3) is 5.95. The van der Waals surface area contributed by atoms with Crippen LogP contribution in [0, 0.1) is 6.92 Å². The van der Waals surface area contributed by atoms with Crippen molar-refractivity contribution in [2.75, 3.05) is 23.4 Å². The van der Waals surface area contributed by atoms with Crippen molar-refractivity contribution in [3.8, 4) is 11.5 Å². The first-order valence-electron chi connectivity index (χ1n) is 11.6. The summed E-state index contributed by atoms with van der Waals surface area (Å²) in [6.07, 6.45) is 1.16. The van der Waals surface area contributed by atoms with Crippen molar-refractivity contribution in [1.82, 2.24) is 0 Å². The zero-order chi connectivity index (χ0) is 23.9. The van der Waals surface area contributed by atoms with E-state index >= 15 is 0 Å². The molecule has 0 saturated heterocycles. The lowest BCUT2D eigenvalue weighted by Gasteiger charge is -2.33. The SMILES string of the molecule is Cc1ccc(CCC(=O)Nc2ccc3c(c2)N(CCCOc2ccccc2)C(=O)C(C)O3)cc1. The van der Waals surface area contributed by atoms with Crippen LogP contribution in [0.25, 0.3) is 0 Å². The molecular weight excluding hydrogens is 428 g/mol. The molecule has 0 spiro atoms. The predicted molar refractivity (Wildman–Crippen MR) is 134 cm³/mol. The molecule has 0 aliphatic carbocycles. The fourth-order valence-corrected chi connectivity index (χ4v) is 3.88. The summed E-state index contributed by atoms with van der Waals surface area (Å²) in [4.78, 5) is 27.1. The van der Waals surface area contributed by atoms with Gasteiger partial charge in [0.05, 0.1) is 12.3 Å². The summed E-state index contributed by atoms with van der Waals surface area (Å²) in [5.74, 6) is 1.27. The van der Waals surface area contributed by atoms with Gasteiger partial charge in [-0.1, -0.05) is 48.0 Å². The lowest BCUT2D eigenvalue weighted by Crippen LogP contribution is -2.45. The van der Waals surface area contributed by atoms with Crippen molar-refractivity contribution >= 4 is 23.2 Å². The van der Waals surface area contributed by atoms with E-state index in [0.717, 1.165) is 11.3 Å². The molecule has 1 atom stereocenters. The number of nitrogens with zero attached hydrogens (tertiary/aromatic N) is 1. The quantitative estimate of drug-likeness (QED) is 0.451. The third-order valence-electron chi connectivity index (χ3n) is 5.75. The minimum absolute atomic E-state index is 0.0697. The van der Waals surface area contributed by atoms with Crippen molar-refractivity contribution in [2.45, 2.75) is 39.2 Å². The van der Waals surface area contributed by atoms with Gasteiger partial charge in [0.2, 0.25) is 5.91 Å². The minimum atomic E-state index is -0.558. The van der Waals surface area contributed by atoms with Crippen LogP contribution in [0.5, 0.6) is 11.5 Å². The van der Waals surface area contributed by atoms with E-state index in [4.69, 9.17) is 9.47 Å². The van der Waals surface area contributed by atoms with Crippen LogP contribution in [0.1, 0.15) is 30.9 Å². The second-order valence-corrected chi connectivity index (χ2v) is 8.48. The maximum atomic E-state index is 12.8. The van der Waals surface area contributed by atoms with E-state index in [1.165, 1.54) is 5.56 Å². The van der Waals surface area contributed by atoms with Crippen molar-refractivity contribution in [1.29, 1.82) is 0 Å². The number of carbonyl (C=O) groups is 2. The number of ether oxygens (including phenoxy) is 2. The first kappa shape index (κ1) is 23.4. The average molecular weight is 459 g/mol. The molecule has 0 saturated carbocycles. The highest BCUT2D eigenvalue weighted by molar-refractivity contribution is 6.01. The summed E-state index contributed by atoms with van der Waals surface area (Å²) < 4.78 is 11.6. The second-order valence-electron chi connectivity index (χ2n) is 8.48. The van der Waals surface area contributed by atoms with Gasteiger partial charge in [-0.3, -0.25) is 9.59 Å². The molecule has 3 aromatic carbocycles. The molecule has 2 amide bonds. The number of amides is 2. The second kappa shape index (κ2) is 10.9. The molecule has 3 aromatic rings. The van der Waals surface area contributed by atoms with E-state index in [2.05, 4.69) is 5.32 Å². The van der Waals surface area contributed by atoms with Crippen LogP contribution >= 0.6 is 0 Å². The molecule has 1 N–H and O–H groups in total. The number of aryl methyl sites for hydroxylation is 2. The van der Waals surface area contributed by atoms with Crippen molar-refractivity contribution < 1.29 is 19.1 Å². The monoisotopic (exact) mass is 458 g/mol. The van der Waals surface area contributed by atoms with Crippen LogP contribution in [0.4, 0.5) is 11.4 Å². The number of hydrogen-bond acceptors (Lipinski definition) is 4. The number of benzene rings is 3. The Kier molecular flexibility index (Phi) is 7.48. The Bertz CT molecular complexity index is 1130. The maximum absolute atomic E-state index is 12.8. The molecule has 6 nitrogen and oxygen atoms in total. The van der Waals surface area contributed by atoms with Crippen LogP contribution < -0.4 is 19.7 Å². The first-order chi connectivity index (χ1) is 16.5. The largest absolute Gasteiger partial charge is 0.494 e. The Morgan fingerprint density at radius 3 is 2.59 bits per heavy atom. The van der Waals surface area contributed by atoms with Crippen molar-refractivity contribution in [3.63, 3.8) is 0 Å². The Hall–Kier alpha value is -3.80. The van der Waals surface area contributed by atoms with E-state index in [-0.39, 0.29) is 11.8 Å². The fourth-order valence-electron chi connectivity index (χ4n) is 3.88. The van der Waals surface area contributed by atoms with Crippen molar-refractivity contribution in [3.05, 3.63) is 83.9 Å². The summed E-state index contributed by atoms with van der Waals surface area (Å²) in [5, 5.41) is 2.95. The molecule has 0 bridgehead atoms. The molecule has 4 rings (SSSR count). The predicted octanol–water partition coefficient (Wildman–Crippen LogP) is 5.15. The molecular formula is C28H30N2O4. The van der Waals surface area contributed by atoms with Gasteiger partial charge >= 0.3 is 0 Å². The van der Waals surface area contributed by atoms with E-state index in [9.17, 15) is 9.59 Å². The van der Waals surface area contributed by atoms with E-state index in [1.807, 2.05) is 67.6 Å². The van der Waals surface area contributed by atoms with E-state index in [0.29, 0.717) is 49.5 Å². The number of carbonyl (C=O) groups excluding carboxylic acids is 2. The van der Waals surface area contributed by atoms with Crippen LogP contribution in [0.2, 0.25) is 0 Å². The van der Waals surface area contributed by atoms with Gasteiger partial charge < -0.3 is 19.7 Å². The van der Waals surface area contributed by atoms with E-state index in [1.54, 1.807) is 24.0 Å². The number of fused-ring (bicyclic) bond motifs is 1.